The zero-order valence-electron chi connectivity index (χ0n) is 13.1. The van der Waals surface area contributed by atoms with Crippen molar-refractivity contribution in [2.45, 2.75) is 20.8 Å². The molecule has 0 bridgehead atoms. The van der Waals surface area contributed by atoms with Crippen molar-refractivity contribution in [3.63, 3.8) is 0 Å². The van der Waals surface area contributed by atoms with Gasteiger partial charge < -0.3 is 9.15 Å². The summed E-state index contributed by atoms with van der Waals surface area (Å²) in [4.78, 5) is 23.5. The number of ether oxygens (including phenoxy) is 1. The number of fused-ring (bicyclic) bond motifs is 1. The summed E-state index contributed by atoms with van der Waals surface area (Å²) in [5.41, 5.74) is 2.46. The predicted molar refractivity (Wildman–Crippen MR) is 85.0 cm³/mol. The van der Waals surface area contributed by atoms with Gasteiger partial charge in [-0.1, -0.05) is 0 Å². The summed E-state index contributed by atoms with van der Waals surface area (Å²) < 4.78 is 12.0. The topological polar surface area (TPSA) is 74.3 Å². The lowest BCUT2D eigenvalue weighted by atomic mass is 10.1. The van der Waals surface area contributed by atoms with Crippen LogP contribution in [0.2, 0.25) is 0 Å². The number of carbonyl (C=O) groups excluding carboxylic acids is 1. The maximum atomic E-state index is 12.1. The van der Waals surface area contributed by atoms with Crippen molar-refractivity contribution in [3.8, 4) is 5.75 Å². The molecule has 23 heavy (non-hydrogen) atoms. The summed E-state index contributed by atoms with van der Waals surface area (Å²) in [5.74, 6) is 0.288. The normalized spacial score (nSPS) is 10.9. The molecule has 0 N–H and O–H groups in total. The molecule has 0 atom stereocenters. The minimum absolute atomic E-state index is 0.122. The Kier molecular flexibility index (Phi) is 3.73. The summed E-state index contributed by atoms with van der Waals surface area (Å²) in [6.07, 6.45) is 0. The van der Waals surface area contributed by atoms with E-state index in [1.165, 1.54) is 10.7 Å². The molecule has 0 saturated carbocycles. The van der Waals surface area contributed by atoms with Crippen LogP contribution in [0, 0.1) is 20.8 Å². The van der Waals surface area contributed by atoms with Crippen LogP contribution in [0.3, 0.4) is 0 Å². The third kappa shape index (κ3) is 3.01. The second kappa shape index (κ2) is 5.72. The van der Waals surface area contributed by atoms with Gasteiger partial charge in [-0.05, 0) is 50.6 Å². The SMILES string of the molecule is Cc1cc(C)n(C(=O)COc2ccc3oc(=O)cc(C)c3c2)n1. The number of aromatic nitrogens is 2. The van der Waals surface area contributed by atoms with Crippen LogP contribution in [0.5, 0.6) is 5.75 Å². The molecule has 0 aliphatic heterocycles. The van der Waals surface area contributed by atoms with Crippen LogP contribution in [-0.2, 0) is 0 Å². The highest BCUT2D eigenvalue weighted by molar-refractivity contribution is 5.82. The fraction of sp³-hybridized carbons (Fsp3) is 0.235. The molecule has 6 heteroatoms. The molecule has 0 aliphatic rings. The molecular weight excluding hydrogens is 296 g/mol. The Morgan fingerprint density at radius 3 is 2.70 bits per heavy atom. The molecule has 0 fully saturated rings. The smallest absolute Gasteiger partial charge is 0.336 e. The van der Waals surface area contributed by atoms with Crippen molar-refractivity contribution in [1.82, 2.24) is 9.78 Å². The number of nitrogens with zero attached hydrogens (tertiary/aromatic N) is 2. The highest BCUT2D eigenvalue weighted by atomic mass is 16.5. The second-order valence-electron chi connectivity index (χ2n) is 5.43. The van der Waals surface area contributed by atoms with Crippen molar-refractivity contribution in [3.05, 3.63) is 57.7 Å². The predicted octanol–water partition coefficient (Wildman–Crippen LogP) is 2.63. The molecule has 3 rings (SSSR count). The molecule has 6 nitrogen and oxygen atoms in total. The maximum absolute atomic E-state index is 12.1. The summed E-state index contributed by atoms with van der Waals surface area (Å²) in [7, 11) is 0. The minimum atomic E-state index is -0.386. The van der Waals surface area contributed by atoms with Crippen molar-refractivity contribution >= 4 is 16.9 Å². The molecule has 0 spiro atoms. The van der Waals surface area contributed by atoms with Crippen LogP contribution in [-0.4, -0.2) is 22.3 Å². The molecule has 0 amide bonds. The van der Waals surface area contributed by atoms with Crippen LogP contribution in [0.15, 0.2) is 39.5 Å². The van der Waals surface area contributed by atoms with Crippen molar-refractivity contribution in [2.75, 3.05) is 6.61 Å². The monoisotopic (exact) mass is 312 g/mol. The van der Waals surface area contributed by atoms with E-state index < -0.39 is 0 Å². The maximum Gasteiger partial charge on any atom is 0.336 e. The van der Waals surface area contributed by atoms with Crippen LogP contribution in [0.4, 0.5) is 0 Å². The summed E-state index contributed by atoms with van der Waals surface area (Å²) >= 11 is 0. The lowest BCUT2D eigenvalue weighted by Crippen LogP contribution is -2.21. The Balaban J connectivity index is 1.81. The van der Waals surface area contributed by atoms with Crippen LogP contribution in [0.1, 0.15) is 21.7 Å². The lowest BCUT2D eigenvalue weighted by molar-refractivity contribution is 0.0818. The molecule has 1 aromatic carbocycles. The van der Waals surface area contributed by atoms with Gasteiger partial charge in [0.2, 0.25) is 0 Å². The first-order chi connectivity index (χ1) is 10.9. The van der Waals surface area contributed by atoms with Gasteiger partial charge >= 0.3 is 5.63 Å². The Hall–Kier alpha value is -2.89. The fourth-order valence-corrected chi connectivity index (χ4v) is 2.48. The van der Waals surface area contributed by atoms with E-state index in [1.54, 1.807) is 18.2 Å². The van der Waals surface area contributed by atoms with E-state index in [2.05, 4.69) is 5.10 Å². The third-order valence-electron chi connectivity index (χ3n) is 3.53. The number of benzene rings is 1. The zero-order chi connectivity index (χ0) is 16.6. The van der Waals surface area contributed by atoms with Crippen LogP contribution >= 0.6 is 0 Å². The highest BCUT2D eigenvalue weighted by Crippen LogP contribution is 2.22. The average molecular weight is 312 g/mol. The van der Waals surface area contributed by atoms with Crippen LogP contribution < -0.4 is 10.4 Å². The number of carbonyl (C=O) groups is 1. The van der Waals surface area contributed by atoms with Gasteiger partial charge in [-0.25, -0.2) is 9.48 Å². The highest BCUT2D eigenvalue weighted by Gasteiger charge is 2.11. The van der Waals surface area contributed by atoms with E-state index in [9.17, 15) is 9.59 Å². The van der Waals surface area contributed by atoms with Crippen molar-refractivity contribution < 1.29 is 13.9 Å². The number of hydrogen-bond acceptors (Lipinski definition) is 5. The average Bonchev–Trinajstić information content (AvgIpc) is 2.83. The van der Waals surface area contributed by atoms with E-state index in [1.807, 2.05) is 26.8 Å². The first-order valence-electron chi connectivity index (χ1n) is 7.18. The first kappa shape index (κ1) is 15.0. The molecule has 3 aromatic rings. The molecule has 2 heterocycles. The third-order valence-corrected chi connectivity index (χ3v) is 3.53. The van der Waals surface area contributed by atoms with E-state index in [-0.39, 0.29) is 18.1 Å². The Bertz CT molecular complexity index is 953. The summed E-state index contributed by atoms with van der Waals surface area (Å²) in [6.45, 7) is 5.35. The van der Waals surface area contributed by atoms with Gasteiger partial charge in [0.15, 0.2) is 6.61 Å². The molecule has 0 aliphatic carbocycles. The number of hydrogen-bond donors (Lipinski definition) is 0. The quantitative estimate of drug-likeness (QED) is 0.695. The summed E-state index contributed by atoms with van der Waals surface area (Å²) in [6, 6.07) is 8.33. The van der Waals surface area contributed by atoms with E-state index in [4.69, 9.17) is 9.15 Å². The van der Waals surface area contributed by atoms with Gasteiger partial charge in [-0.3, -0.25) is 4.79 Å². The zero-order valence-corrected chi connectivity index (χ0v) is 13.1. The Morgan fingerprint density at radius 1 is 1.22 bits per heavy atom. The summed E-state index contributed by atoms with van der Waals surface area (Å²) in [5, 5.41) is 4.91. The van der Waals surface area contributed by atoms with Crippen molar-refractivity contribution in [1.29, 1.82) is 0 Å². The van der Waals surface area contributed by atoms with E-state index in [0.717, 1.165) is 22.3 Å². The molecule has 0 radical (unpaired) electrons. The Morgan fingerprint density at radius 2 is 2.00 bits per heavy atom. The second-order valence-corrected chi connectivity index (χ2v) is 5.43. The number of aryl methyl sites for hydroxylation is 3. The number of rotatable bonds is 3. The molecule has 0 unspecified atom stereocenters. The Labute approximate surface area is 132 Å². The van der Waals surface area contributed by atoms with Gasteiger partial charge in [0, 0.05) is 17.1 Å². The molecular formula is C17H16N2O4. The largest absolute Gasteiger partial charge is 0.484 e. The van der Waals surface area contributed by atoms with Gasteiger partial charge in [0.25, 0.3) is 5.91 Å². The van der Waals surface area contributed by atoms with Gasteiger partial charge in [-0.2, -0.15) is 5.10 Å². The molecule has 118 valence electrons. The fourth-order valence-electron chi connectivity index (χ4n) is 2.48. The van der Waals surface area contributed by atoms with E-state index in [0.29, 0.717) is 11.3 Å². The van der Waals surface area contributed by atoms with Crippen LogP contribution in [0.25, 0.3) is 11.0 Å². The standard InChI is InChI=1S/C17H16N2O4/c1-10-6-17(21)23-15-5-4-13(8-14(10)15)22-9-16(20)19-12(3)7-11(2)18-19/h4-8H,9H2,1-3H3. The van der Waals surface area contributed by atoms with Gasteiger partial charge in [0.1, 0.15) is 11.3 Å². The molecule has 2 aromatic heterocycles. The molecule has 0 saturated heterocycles. The van der Waals surface area contributed by atoms with Gasteiger partial charge in [0.05, 0.1) is 5.69 Å². The van der Waals surface area contributed by atoms with E-state index >= 15 is 0 Å². The lowest BCUT2D eigenvalue weighted by Gasteiger charge is -2.08. The van der Waals surface area contributed by atoms with Gasteiger partial charge in [-0.15, -0.1) is 0 Å². The van der Waals surface area contributed by atoms with Crippen molar-refractivity contribution in [2.24, 2.45) is 0 Å². The minimum Gasteiger partial charge on any atom is -0.484 e. The first-order valence-corrected chi connectivity index (χ1v) is 7.18.